The number of halogens is 1. The molecule has 0 heterocycles. The summed E-state index contributed by atoms with van der Waals surface area (Å²) in [6.07, 6.45) is 0. The van der Waals surface area contributed by atoms with Crippen molar-refractivity contribution < 1.29 is 29.3 Å². The van der Waals surface area contributed by atoms with Crippen molar-refractivity contribution in [2.24, 2.45) is 11.5 Å². The molecule has 8 nitrogen and oxygen atoms in total. The molecule has 0 aliphatic rings. The maximum Gasteiger partial charge on any atom is 0.328 e. The van der Waals surface area contributed by atoms with Gasteiger partial charge in [0.05, 0.1) is 13.2 Å². The molecule has 0 spiro atoms. The average molecular weight is 259 g/mol. The predicted molar refractivity (Wildman–Crippen MR) is 54.4 cm³/mol. The minimum atomic E-state index is -1.17. The monoisotopic (exact) mass is 258 g/mol. The number of hydrogen-bond acceptors (Lipinski definition) is 8. The second-order valence-corrected chi connectivity index (χ2v) is 2.62. The molecule has 9 heteroatoms. The van der Waals surface area contributed by atoms with E-state index in [0.29, 0.717) is 0 Å². The van der Waals surface area contributed by atoms with Gasteiger partial charge >= 0.3 is 11.9 Å². The van der Waals surface area contributed by atoms with Crippen molar-refractivity contribution >= 4 is 24.3 Å². The summed E-state index contributed by atoms with van der Waals surface area (Å²) >= 11 is 0. The maximum atomic E-state index is 10.8. The van der Waals surface area contributed by atoms with E-state index in [1.807, 2.05) is 0 Å². The Morgan fingerprint density at radius 1 is 1.00 bits per heavy atom. The highest BCUT2D eigenvalue weighted by Crippen LogP contribution is 1.89. The van der Waals surface area contributed by atoms with Gasteiger partial charge in [-0.2, -0.15) is 0 Å². The molecule has 96 valence electrons. The van der Waals surface area contributed by atoms with Gasteiger partial charge in [-0.05, 0) is 0 Å². The Morgan fingerprint density at radius 3 is 1.56 bits per heavy atom. The zero-order valence-electron chi connectivity index (χ0n) is 8.37. The highest BCUT2D eigenvalue weighted by molar-refractivity contribution is 5.85. The zero-order valence-corrected chi connectivity index (χ0v) is 9.18. The predicted octanol–water partition coefficient (Wildman–Crippen LogP) is -2.91. The van der Waals surface area contributed by atoms with Gasteiger partial charge in [-0.1, -0.05) is 0 Å². The van der Waals surface area contributed by atoms with Crippen LogP contribution in [0.15, 0.2) is 0 Å². The van der Waals surface area contributed by atoms with Crippen LogP contribution in [0.2, 0.25) is 0 Å². The standard InChI is InChI=1S/C7H14N2O6.ClH/c8-4(1-10)6(12)14-3-15-7(13)5(9)2-11;/h4-5,10-11H,1-3,8-9H2;1H/t4-,5-;/m1./s1. The number of esters is 2. The number of rotatable bonds is 6. The Bertz CT molecular complexity index is 205. The number of carbonyl (C=O) groups excluding carboxylic acids is 2. The Kier molecular flexibility index (Phi) is 10.2. The van der Waals surface area contributed by atoms with Crippen molar-refractivity contribution in [1.29, 1.82) is 0 Å². The summed E-state index contributed by atoms with van der Waals surface area (Å²) in [5.74, 6) is -1.80. The number of aliphatic hydroxyl groups is 2. The molecule has 0 rings (SSSR count). The van der Waals surface area contributed by atoms with Gasteiger partial charge in [0.2, 0.25) is 6.79 Å². The van der Waals surface area contributed by atoms with E-state index in [2.05, 4.69) is 9.47 Å². The van der Waals surface area contributed by atoms with Crippen molar-refractivity contribution in [3.63, 3.8) is 0 Å². The lowest BCUT2D eigenvalue weighted by Crippen LogP contribution is -2.38. The highest BCUT2D eigenvalue weighted by atomic mass is 35.5. The molecule has 0 amide bonds. The smallest absolute Gasteiger partial charge is 0.328 e. The lowest BCUT2D eigenvalue weighted by Gasteiger charge is -2.11. The van der Waals surface area contributed by atoms with Crippen molar-refractivity contribution in [1.82, 2.24) is 0 Å². The van der Waals surface area contributed by atoms with Gasteiger partial charge in [-0.15, -0.1) is 12.4 Å². The first kappa shape index (κ1) is 17.5. The van der Waals surface area contributed by atoms with E-state index in [-0.39, 0.29) is 12.4 Å². The quantitative estimate of drug-likeness (QED) is 0.293. The summed E-state index contributed by atoms with van der Waals surface area (Å²) in [4.78, 5) is 21.6. The zero-order chi connectivity index (χ0) is 11.8. The molecule has 0 unspecified atom stereocenters. The first-order valence-corrected chi connectivity index (χ1v) is 4.09. The Balaban J connectivity index is 0. The molecule has 6 N–H and O–H groups in total. The minimum absolute atomic E-state index is 0. The van der Waals surface area contributed by atoms with Gasteiger partial charge in [-0.25, -0.2) is 0 Å². The van der Waals surface area contributed by atoms with E-state index in [0.717, 1.165) is 0 Å². The van der Waals surface area contributed by atoms with E-state index in [4.69, 9.17) is 21.7 Å². The molecular weight excluding hydrogens is 244 g/mol. The molecule has 0 saturated heterocycles. The van der Waals surface area contributed by atoms with Gasteiger partial charge in [-0.3, -0.25) is 9.59 Å². The van der Waals surface area contributed by atoms with E-state index in [9.17, 15) is 9.59 Å². The van der Waals surface area contributed by atoms with Gasteiger partial charge in [0, 0.05) is 0 Å². The molecule has 0 aromatic carbocycles. The summed E-state index contributed by atoms with van der Waals surface area (Å²) in [5.41, 5.74) is 10.2. The molecule has 0 aliphatic carbocycles. The Hall–Kier alpha value is -0.930. The molecule has 0 aliphatic heterocycles. The van der Waals surface area contributed by atoms with Crippen LogP contribution in [0.25, 0.3) is 0 Å². The van der Waals surface area contributed by atoms with Crippen LogP contribution in [0.1, 0.15) is 0 Å². The number of nitrogens with two attached hydrogens (primary N) is 2. The fraction of sp³-hybridized carbons (Fsp3) is 0.714. The number of ether oxygens (including phenoxy) is 2. The lowest BCUT2D eigenvalue weighted by molar-refractivity contribution is -0.169. The molecule has 0 fully saturated rings. The Morgan fingerprint density at radius 2 is 1.31 bits per heavy atom. The largest absolute Gasteiger partial charge is 0.427 e. The Labute approximate surface area is 97.9 Å². The number of hydrogen-bond donors (Lipinski definition) is 4. The third-order valence-electron chi connectivity index (χ3n) is 1.40. The summed E-state index contributed by atoms with van der Waals surface area (Å²) < 4.78 is 8.71. The van der Waals surface area contributed by atoms with Gasteiger partial charge in [0.1, 0.15) is 12.1 Å². The van der Waals surface area contributed by atoms with Gasteiger partial charge in [0.25, 0.3) is 0 Å². The molecule has 0 aromatic rings. The molecule has 0 radical (unpaired) electrons. The third kappa shape index (κ3) is 6.53. The van der Waals surface area contributed by atoms with Crippen molar-refractivity contribution in [2.45, 2.75) is 12.1 Å². The second kappa shape index (κ2) is 9.31. The van der Waals surface area contributed by atoms with E-state index in [1.54, 1.807) is 0 Å². The molecule has 16 heavy (non-hydrogen) atoms. The second-order valence-electron chi connectivity index (χ2n) is 2.62. The van der Waals surface area contributed by atoms with Crippen LogP contribution < -0.4 is 11.5 Å². The third-order valence-corrected chi connectivity index (χ3v) is 1.40. The first-order chi connectivity index (χ1) is 7.02. The van der Waals surface area contributed by atoms with Crippen LogP contribution >= 0.6 is 12.4 Å². The first-order valence-electron chi connectivity index (χ1n) is 4.09. The topological polar surface area (TPSA) is 145 Å². The number of aliphatic hydroxyl groups excluding tert-OH is 2. The summed E-state index contributed by atoms with van der Waals surface area (Å²) in [6, 6.07) is -2.34. The van der Waals surface area contributed by atoms with Gasteiger partial charge in [0.15, 0.2) is 0 Å². The molecule has 0 saturated carbocycles. The SMILES string of the molecule is Cl.N[C@H](CO)C(=O)OCOC(=O)[C@H](N)CO. The van der Waals surface area contributed by atoms with Crippen LogP contribution in [0.5, 0.6) is 0 Å². The molecule has 2 atom stereocenters. The lowest BCUT2D eigenvalue weighted by atomic mass is 10.3. The molecule has 0 bridgehead atoms. The number of carbonyl (C=O) groups is 2. The van der Waals surface area contributed by atoms with E-state index >= 15 is 0 Å². The summed E-state index contributed by atoms with van der Waals surface area (Å²) in [6.45, 7) is -1.79. The summed E-state index contributed by atoms with van der Waals surface area (Å²) in [7, 11) is 0. The fourth-order valence-corrected chi connectivity index (χ4v) is 0.509. The van der Waals surface area contributed by atoms with Crippen molar-refractivity contribution in [3.8, 4) is 0 Å². The van der Waals surface area contributed by atoms with Gasteiger partial charge < -0.3 is 31.2 Å². The van der Waals surface area contributed by atoms with Crippen molar-refractivity contribution in [2.75, 3.05) is 20.0 Å². The van der Waals surface area contributed by atoms with Crippen LogP contribution in [-0.2, 0) is 19.1 Å². The van der Waals surface area contributed by atoms with Crippen LogP contribution in [0.4, 0.5) is 0 Å². The molecule has 0 aromatic heterocycles. The van der Waals surface area contributed by atoms with E-state index in [1.165, 1.54) is 0 Å². The maximum absolute atomic E-state index is 10.8. The average Bonchev–Trinajstić information content (AvgIpc) is 2.26. The van der Waals surface area contributed by atoms with Crippen LogP contribution in [0, 0.1) is 0 Å². The normalized spacial score (nSPS) is 13.2. The fourth-order valence-electron chi connectivity index (χ4n) is 0.509. The highest BCUT2D eigenvalue weighted by Gasteiger charge is 2.16. The minimum Gasteiger partial charge on any atom is -0.427 e. The van der Waals surface area contributed by atoms with Crippen LogP contribution in [-0.4, -0.2) is 54.2 Å². The van der Waals surface area contributed by atoms with E-state index < -0.39 is 44.0 Å². The van der Waals surface area contributed by atoms with Crippen LogP contribution in [0.3, 0.4) is 0 Å². The molecular formula is C7H15ClN2O6. The van der Waals surface area contributed by atoms with Crippen molar-refractivity contribution in [3.05, 3.63) is 0 Å². The summed E-state index contributed by atoms with van der Waals surface area (Å²) in [5, 5.41) is 16.9.